The van der Waals surface area contributed by atoms with E-state index in [2.05, 4.69) is 15.1 Å². The highest BCUT2D eigenvalue weighted by molar-refractivity contribution is 5.66. The molecule has 0 aliphatic rings. The molecular weight excluding hydrogens is 222 g/mol. The van der Waals surface area contributed by atoms with E-state index in [-0.39, 0.29) is 12.8 Å². The summed E-state index contributed by atoms with van der Waals surface area (Å²) >= 11 is 0. The average Bonchev–Trinajstić information content (AvgIpc) is 2.76. The van der Waals surface area contributed by atoms with E-state index < -0.39 is 5.97 Å². The first-order valence-corrected chi connectivity index (χ1v) is 5.12. The SMILES string of the molecule is Cc1ccc(-c2noc(CCC(=O)O)n2)cn1. The van der Waals surface area contributed by atoms with Crippen LogP contribution in [0.4, 0.5) is 0 Å². The van der Waals surface area contributed by atoms with Crippen LogP contribution in [0.15, 0.2) is 22.9 Å². The molecule has 0 spiro atoms. The van der Waals surface area contributed by atoms with Crippen LogP contribution in [0, 0.1) is 6.92 Å². The van der Waals surface area contributed by atoms with E-state index in [9.17, 15) is 4.79 Å². The molecule has 88 valence electrons. The molecule has 0 unspecified atom stereocenters. The van der Waals surface area contributed by atoms with Crippen LogP contribution in [-0.4, -0.2) is 26.2 Å². The van der Waals surface area contributed by atoms with Gasteiger partial charge >= 0.3 is 5.97 Å². The van der Waals surface area contributed by atoms with Gasteiger partial charge < -0.3 is 9.63 Å². The zero-order valence-electron chi connectivity index (χ0n) is 9.25. The van der Waals surface area contributed by atoms with Gasteiger partial charge in [0.2, 0.25) is 11.7 Å². The summed E-state index contributed by atoms with van der Waals surface area (Å²) in [7, 11) is 0. The van der Waals surface area contributed by atoms with Gasteiger partial charge in [-0.15, -0.1) is 0 Å². The van der Waals surface area contributed by atoms with Crippen molar-refractivity contribution in [3.05, 3.63) is 29.9 Å². The molecule has 2 aromatic rings. The Hall–Kier alpha value is -2.24. The van der Waals surface area contributed by atoms with Crippen molar-refractivity contribution >= 4 is 5.97 Å². The quantitative estimate of drug-likeness (QED) is 0.859. The molecule has 0 aromatic carbocycles. The van der Waals surface area contributed by atoms with E-state index in [0.29, 0.717) is 11.7 Å². The number of carboxylic acids is 1. The topological polar surface area (TPSA) is 89.1 Å². The molecule has 2 rings (SSSR count). The van der Waals surface area contributed by atoms with Crippen molar-refractivity contribution in [2.45, 2.75) is 19.8 Å². The third kappa shape index (κ3) is 2.87. The molecule has 0 aliphatic heterocycles. The molecule has 1 N–H and O–H groups in total. The lowest BCUT2D eigenvalue weighted by Crippen LogP contribution is -1.97. The number of aromatic nitrogens is 3. The van der Waals surface area contributed by atoms with Gasteiger partial charge in [-0.05, 0) is 19.1 Å². The lowest BCUT2D eigenvalue weighted by molar-refractivity contribution is -0.137. The summed E-state index contributed by atoms with van der Waals surface area (Å²) in [5.41, 5.74) is 1.66. The third-order valence-electron chi connectivity index (χ3n) is 2.19. The van der Waals surface area contributed by atoms with E-state index >= 15 is 0 Å². The highest BCUT2D eigenvalue weighted by Crippen LogP contribution is 2.15. The van der Waals surface area contributed by atoms with Crippen LogP contribution in [0.1, 0.15) is 18.0 Å². The minimum Gasteiger partial charge on any atom is -0.481 e. The van der Waals surface area contributed by atoms with E-state index in [0.717, 1.165) is 11.3 Å². The maximum Gasteiger partial charge on any atom is 0.303 e. The Kier molecular flexibility index (Phi) is 3.13. The van der Waals surface area contributed by atoms with Gasteiger partial charge in [0.1, 0.15) is 0 Å². The third-order valence-corrected chi connectivity index (χ3v) is 2.19. The number of rotatable bonds is 4. The fourth-order valence-electron chi connectivity index (χ4n) is 1.29. The molecule has 2 aromatic heterocycles. The molecule has 0 atom stereocenters. The Bertz CT molecular complexity index is 519. The van der Waals surface area contributed by atoms with Crippen LogP contribution in [-0.2, 0) is 11.2 Å². The molecule has 0 saturated heterocycles. The summed E-state index contributed by atoms with van der Waals surface area (Å²) in [6.45, 7) is 1.89. The second kappa shape index (κ2) is 4.73. The van der Waals surface area contributed by atoms with Crippen LogP contribution in [0.2, 0.25) is 0 Å². The summed E-state index contributed by atoms with van der Waals surface area (Å²) in [4.78, 5) is 18.6. The Morgan fingerprint density at radius 3 is 2.94 bits per heavy atom. The van der Waals surface area contributed by atoms with E-state index in [1.54, 1.807) is 6.20 Å². The van der Waals surface area contributed by atoms with Gasteiger partial charge in [-0.2, -0.15) is 4.98 Å². The molecule has 0 saturated carbocycles. The molecular formula is C11H11N3O3. The van der Waals surface area contributed by atoms with Crippen molar-refractivity contribution in [3.8, 4) is 11.4 Å². The lowest BCUT2D eigenvalue weighted by Gasteiger charge is -1.93. The molecule has 0 radical (unpaired) electrons. The van der Waals surface area contributed by atoms with Crippen LogP contribution in [0.5, 0.6) is 0 Å². The number of aliphatic carboxylic acids is 1. The molecule has 0 bridgehead atoms. The lowest BCUT2D eigenvalue weighted by atomic mass is 10.2. The zero-order valence-corrected chi connectivity index (χ0v) is 9.25. The molecule has 0 fully saturated rings. The first kappa shape index (κ1) is 11.3. The number of pyridine rings is 1. The predicted octanol–water partition coefficient (Wildman–Crippen LogP) is 1.46. The van der Waals surface area contributed by atoms with Crippen molar-refractivity contribution in [2.75, 3.05) is 0 Å². The van der Waals surface area contributed by atoms with E-state index in [1.165, 1.54) is 0 Å². The van der Waals surface area contributed by atoms with Crippen molar-refractivity contribution in [2.24, 2.45) is 0 Å². The normalized spacial score (nSPS) is 10.4. The van der Waals surface area contributed by atoms with Gasteiger partial charge in [-0.1, -0.05) is 5.16 Å². The van der Waals surface area contributed by atoms with Gasteiger partial charge in [-0.3, -0.25) is 9.78 Å². The second-order valence-corrected chi connectivity index (χ2v) is 3.59. The molecule has 2 heterocycles. The van der Waals surface area contributed by atoms with E-state index in [4.69, 9.17) is 9.63 Å². The number of carboxylic acid groups (broad SMARTS) is 1. The Morgan fingerprint density at radius 1 is 1.47 bits per heavy atom. The van der Waals surface area contributed by atoms with Crippen molar-refractivity contribution in [1.29, 1.82) is 0 Å². The van der Waals surface area contributed by atoms with Gasteiger partial charge in [0.05, 0.1) is 6.42 Å². The summed E-state index contributed by atoms with van der Waals surface area (Å²) in [6.07, 6.45) is 1.87. The summed E-state index contributed by atoms with van der Waals surface area (Å²) in [6, 6.07) is 3.69. The summed E-state index contributed by atoms with van der Waals surface area (Å²) in [5, 5.41) is 12.3. The largest absolute Gasteiger partial charge is 0.481 e. The number of nitrogens with zero attached hydrogens (tertiary/aromatic N) is 3. The van der Waals surface area contributed by atoms with Gasteiger partial charge in [0.15, 0.2) is 0 Å². The number of hydrogen-bond donors (Lipinski definition) is 1. The molecule has 6 heteroatoms. The van der Waals surface area contributed by atoms with Crippen LogP contribution >= 0.6 is 0 Å². The minimum atomic E-state index is -0.887. The monoisotopic (exact) mass is 233 g/mol. The smallest absolute Gasteiger partial charge is 0.303 e. The van der Waals surface area contributed by atoms with Crippen LogP contribution in [0.3, 0.4) is 0 Å². The Morgan fingerprint density at radius 2 is 2.29 bits per heavy atom. The number of aryl methyl sites for hydroxylation is 2. The maximum atomic E-state index is 10.4. The number of hydrogen-bond acceptors (Lipinski definition) is 5. The zero-order chi connectivity index (χ0) is 12.3. The van der Waals surface area contributed by atoms with Crippen LogP contribution < -0.4 is 0 Å². The minimum absolute atomic E-state index is 0.0201. The predicted molar refractivity (Wildman–Crippen MR) is 58.2 cm³/mol. The van der Waals surface area contributed by atoms with E-state index in [1.807, 2.05) is 19.1 Å². The van der Waals surface area contributed by atoms with Crippen molar-refractivity contribution in [1.82, 2.24) is 15.1 Å². The Labute approximate surface area is 97.3 Å². The molecule has 0 aliphatic carbocycles. The first-order chi connectivity index (χ1) is 8.15. The van der Waals surface area contributed by atoms with Gasteiger partial charge in [-0.25, -0.2) is 0 Å². The highest BCUT2D eigenvalue weighted by Gasteiger charge is 2.10. The number of carbonyl (C=O) groups is 1. The van der Waals surface area contributed by atoms with Crippen molar-refractivity contribution in [3.63, 3.8) is 0 Å². The standard InChI is InChI=1S/C11H11N3O3/c1-7-2-3-8(6-12-7)11-13-9(17-14-11)4-5-10(15)16/h2-3,6H,4-5H2,1H3,(H,15,16). The maximum absolute atomic E-state index is 10.4. The molecule has 17 heavy (non-hydrogen) atoms. The van der Waals surface area contributed by atoms with Crippen LogP contribution in [0.25, 0.3) is 11.4 Å². The van der Waals surface area contributed by atoms with Gasteiger partial charge in [0.25, 0.3) is 0 Å². The summed E-state index contributed by atoms with van der Waals surface area (Å²) < 4.78 is 4.95. The molecule has 0 amide bonds. The van der Waals surface area contributed by atoms with Gasteiger partial charge in [0, 0.05) is 23.9 Å². The van der Waals surface area contributed by atoms with Crippen molar-refractivity contribution < 1.29 is 14.4 Å². The summed E-state index contributed by atoms with van der Waals surface area (Å²) in [5.74, 6) is -0.136. The average molecular weight is 233 g/mol. The molecule has 6 nitrogen and oxygen atoms in total. The Balaban J connectivity index is 2.12. The first-order valence-electron chi connectivity index (χ1n) is 5.12. The fraction of sp³-hybridized carbons (Fsp3) is 0.273. The highest BCUT2D eigenvalue weighted by atomic mass is 16.5. The fourth-order valence-corrected chi connectivity index (χ4v) is 1.29. The second-order valence-electron chi connectivity index (χ2n) is 3.59.